The summed E-state index contributed by atoms with van der Waals surface area (Å²) in [5.74, 6) is -0.359. The van der Waals surface area contributed by atoms with E-state index >= 15 is 0 Å². The number of benzene rings is 2. The Kier molecular flexibility index (Phi) is 4.70. The molecule has 0 unspecified atom stereocenters. The quantitative estimate of drug-likeness (QED) is 0.507. The Balaban J connectivity index is 2.39. The molecule has 4 N–H and O–H groups in total. The molecule has 28 heavy (non-hydrogen) atoms. The number of nitrogens with two attached hydrogens (primary N) is 2. The number of rotatable bonds is 3. The van der Waals surface area contributed by atoms with Crippen LogP contribution in [-0.4, -0.2) is 16.7 Å². The topological polar surface area (TPSA) is 79.1 Å². The molecule has 3 aromatic rings. The van der Waals surface area contributed by atoms with Gasteiger partial charge in [0.05, 0.1) is 29.7 Å². The van der Waals surface area contributed by atoms with Gasteiger partial charge in [-0.3, -0.25) is 4.57 Å². The van der Waals surface area contributed by atoms with Gasteiger partial charge < -0.3 is 16.2 Å². The molecule has 0 aliphatic rings. The predicted octanol–water partition coefficient (Wildman–Crippen LogP) is 4.49. The third kappa shape index (κ3) is 3.12. The van der Waals surface area contributed by atoms with E-state index in [4.69, 9.17) is 16.2 Å². The number of anilines is 2. The lowest BCUT2D eigenvalue weighted by molar-refractivity contribution is -0.137. The summed E-state index contributed by atoms with van der Waals surface area (Å²) in [6.45, 7) is 3.15. The molecule has 1 aromatic heterocycles. The highest BCUT2D eigenvalue weighted by molar-refractivity contribution is 5.75. The lowest BCUT2D eigenvalue weighted by Gasteiger charge is -2.18. The molecule has 0 atom stereocenters. The summed E-state index contributed by atoms with van der Waals surface area (Å²) in [7, 11) is 1.22. The number of aryl methyl sites for hydroxylation is 1. The zero-order valence-electron chi connectivity index (χ0n) is 15.4. The van der Waals surface area contributed by atoms with Gasteiger partial charge in [-0.15, -0.1) is 0 Å². The Hall–Kier alpha value is -3.23. The fourth-order valence-corrected chi connectivity index (χ4v) is 2.95. The third-order valence-electron chi connectivity index (χ3n) is 4.51. The van der Waals surface area contributed by atoms with Gasteiger partial charge in [0.25, 0.3) is 0 Å². The molecule has 0 saturated heterocycles. The molecule has 0 fully saturated rings. The Morgan fingerprint density at radius 3 is 2.39 bits per heavy atom. The van der Waals surface area contributed by atoms with Crippen LogP contribution in [0, 0.1) is 19.7 Å². The number of ether oxygens (including phenoxy) is 1. The molecule has 0 spiro atoms. The molecular weight excluding hydrogens is 376 g/mol. The maximum atomic E-state index is 14.1. The van der Waals surface area contributed by atoms with E-state index in [0.29, 0.717) is 11.3 Å². The molecule has 9 heteroatoms. The number of imidazole rings is 1. The average molecular weight is 394 g/mol. The Morgan fingerprint density at radius 1 is 1.11 bits per heavy atom. The van der Waals surface area contributed by atoms with Crippen LogP contribution in [-0.2, 0) is 6.18 Å². The number of methoxy groups -OCH3 is 1. The van der Waals surface area contributed by atoms with Crippen LogP contribution in [0.5, 0.6) is 5.75 Å². The fraction of sp³-hybridized carbons (Fsp3) is 0.211. The summed E-state index contributed by atoms with van der Waals surface area (Å²) in [5.41, 5.74) is 12.2. The first-order chi connectivity index (χ1) is 13.1. The van der Waals surface area contributed by atoms with Gasteiger partial charge in [-0.05, 0) is 37.6 Å². The Morgan fingerprint density at radius 2 is 1.79 bits per heavy atom. The number of aromatic nitrogens is 2. The van der Waals surface area contributed by atoms with E-state index in [0.717, 1.165) is 12.1 Å². The van der Waals surface area contributed by atoms with Crippen molar-refractivity contribution in [3.05, 3.63) is 53.0 Å². The van der Waals surface area contributed by atoms with Crippen LogP contribution in [0.1, 0.15) is 16.8 Å². The number of halogens is 4. The summed E-state index contributed by atoms with van der Waals surface area (Å²) >= 11 is 0. The molecule has 0 saturated carbocycles. The fourth-order valence-electron chi connectivity index (χ4n) is 2.95. The van der Waals surface area contributed by atoms with Crippen LogP contribution >= 0.6 is 0 Å². The van der Waals surface area contributed by atoms with Crippen LogP contribution in [0.2, 0.25) is 0 Å². The molecule has 2 aromatic carbocycles. The normalized spacial score (nSPS) is 11.7. The summed E-state index contributed by atoms with van der Waals surface area (Å²) in [5, 5.41) is 0. The first-order valence-electron chi connectivity index (χ1n) is 8.21. The number of nitrogens with zero attached hydrogens (tertiary/aromatic N) is 2. The van der Waals surface area contributed by atoms with Gasteiger partial charge in [0.15, 0.2) is 0 Å². The van der Waals surface area contributed by atoms with Crippen molar-refractivity contribution in [2.75, 3.05) is 18.6 Å². The van der Waals surface area contributed by atoms with Gasteiger partial charge in [0.2, 0.25) is 0 Å². The molecule has 3 rings (SSSR count). The third-order valence-corrected chi connectivity index (χ3v) is 4.51. The highest BCUT2D eigenvalue weighted by Crippen LogP contribution is 2.41. The highest BCUT2D eigenvalue weighted by atomic mass is 19.4. The summed E-state index contributed by atoms with van der Waals surface area (Å²) in [6.07, 6.45) is -4.63. The van der Waals surface area contributed by atoms with Crippen LogP contribution in [0.3, 0.4) is 0 Å². The van der Waals surface area contributed by atoms with E-state index in [1.807, 2.05) is 0 Å². The van der Waals surface area contributed by atoms with Crippen molar-refractivity contribution in [1.29, 1.82) is 0 Å². The summed E-state index contributed by atoms with van der Waals surface area (Å²) in [6, 6.07) is 6.05. The lowest BCUT2D eigenvalue weighted by Crippen LogP contribution is -2.12. The molecule has 0 amide bonds. The van der Waals surface area contributed by atoms with Crippen molar-refractivity contribution in [3.63, 3.8) is 0 Å². The van der Waals surface area contributed by atoms with E-state index in [1.54, 1.807) is 19.9 Å². The number of alkyl halides is 3. The second-order valence-corrected chi connectivity index (χ2v) is 6.26. The van der Waals surface area contributed by atoms with Crippen molar-refractivity contribution in [2.24, 2.45) is 0 Å². The van der Waals surface area contributed by atoms with Gasteiger partial charge in [0.1, 0.15) is 23.2 Å². The second-order valence-electron chi connectivity index (χ2n) is 6.26. The Labute approximate surface area is 158 Å². The van der Waals surface area contributed by atoms with Gasteiger partial charge in [-0.2, -0.15) is 13.2 Å². The van der Waals surface area contributed by atoms with Crippen molar-refractivity contribution >= 4 is 11.5 Å². The van der Waals surface area contributed by atoms with Crippen molar-refractivity contribution in [2.45, 2.75) is 20.0 Å². The molecule has 0 bridgehead atoms. The Bertz CT molecular complexity index is 1060. The van der Waals surface area contributed by atoms with Crippen molar-refractivity contribution < 1.29 is 22.3 Å². The lowest BCUT2D eigenvalue weighted by atomic mass is 10.1. The molecule has 0 radical (unpaired) electrons. The van der Waals surface area contributed by atoms with Gasteiger partial charge in [-0.1, -0.05) is 12.1 Å². The number of hydrogen-bond donors (Lipinski definition) is 2. The monoisotopic (exact) mass is 394 g/mol. The van der Waals surface area contributed by atoms with Gasteiger partial charge in [-0.25, -0.2) is 9.37 Å². The minimum atomic E-state index is -4.63. The molecule has 0 aliphatic heterocycles. The number of nitrogen functional groups attached to an aromatic ring is 2. The SMILES string of the molecule is COc1cc(C(F)(F)F)cc(-n2c(-c3cccc(F)c3C)nc(C)c2N)c1N. The largest absolute Gasteiger partial charge is 0.495 e. The standard InChI is InChI=1S/C19H18F4N4O/c1-9-12(5-4-6-13(9)20)18-26-10(2)17(25)27(18)14-7-11(19(21,22)23)8-15(28-3)16(14)24/h4-8H,24-25H2,1-3H3. The minimum absolute atomic E-state index is 0.0464. The average Bonchev–Trinajstić information content (AvgIpc) is 2.91. The molecular formula is C19H18F4N4O. The maximum absolute atomic E-state index is 14.1. The minimum Gasteiger partial charge on any atom is -0.495 e. The summed E-state index contributed by atoms with van der Waals surface area (Å²) < 4.78 is 60.5. The molecule has 1 heterocycles. The zero-order chi connectivity index (χ0) is 20.8. The smallest absolute Gasteiger partial charge is 0.416 e. The van der Waals surface area contributed by atoms with E-state index in [1.165, 1.54) is 23.8 Å². The van der Waals surface area contributed by atoms with Crippen LogP contribution in [0.4, 0.5) is 29.1 Å². The zero-order valence-corrected chi connectivity index (χ0v) is 15.4. The second kappa shape index (κ2) is 6.74. The van der Waals surface area contributed by atoms with E-state index < -0.39 is 17.6 Å². The first-order valence-corrected chi connectivity index (χ1v) is 8.21. The molecule has 0 aliphatic carbocycles. The highest BCUT2D eigenvalue weighted by Gasteiger charge is 2.33. The van der Waals surface area contributed by atoms with Crippen molar-refractivity contribution in [1.82, 2.24) is 9.55 Å². The number of hydrogen-bond acceptors (Lipinski definition) is 4. The van der Waals surface area contributed by atoms with Gasteiger partial charge in [0, 0.05) is 5.56 Å². The van der Waals surface area contributed by atoms with Crippen LogP contribution in [0.15, 0.2) is 30.3 Å². The van der Waals surface area contributed by atoms with Crippen molar-refractivity contribution in [3.8, 4) is 22.8 Å². The van der Waals surface area contributed by atoms with E-state index in [9.17, 15) is 17.6 Å². The maximum Gasteiger partial charge on any atom is 0.416 e. The predicted molar refractivity (Wildman–Crippen MR) is 98.8 cm³/mol. The summed E-state index contributed by atoms with van der Waals surface area (Å²) in [4.78, 5) is 4.34. The van der Waals surface area contributed by atoms with Crippen LogP contribution in [0.25, 0.3) is 17.1 Å². The first kappa shape index (κ1) is 19.5. The van der Waals surface area contributed by atoms with E-state index in [-0.39, 0.29) is 34.3 Å². The molecule has 5 nitrogen and oxygen atoms in total. The van der Waals surface area contributed by atoms with Crippen LogP contribution < -0.4 is 16.2 Å². The van der Waals surface area contributed by atoms with Gasteiger partial charge >= 0.3 is 6.18 Å². The van der Waals surface area contributed by atoms with E-state index in [2.05, 4.69) is 4.98 Å². The molecule has 148 valence electrons.